The summed E-state index contributed by atoms with van der Waals surface area (Å²) in [6.07, 6.45) is 1.61. The second-order valence-electron chi connectivity index (χ2n) is 9.69. The highest BCUT2D eigenvalue weighted by atomic mass is 32.1. The number of esters is 1. The zero-order valence-electron chi connectivity index (χ0n) is 23.2. The highest BCUT2D eigenvalue weighted by Gasteiger charge is 2.34. The van der Waals surface area contributed by atoms with Crippen molar-refractivity contribution >= 4 is 39.8 Å². The van der Waals surface area contributed by atoms with Gasteiger partial charge in [0.05, 0.1) is 33.4 Å². The number of thiazole rings is 1. The molecule has 43 heavy (non-hydrogen) atoms. The molecule has 0 bridgehead atoms. The molecule has 11 heteroatoms. The van der Waals surface area contributed by atoms with Gasteiger partial charge in [-0.05, 0) is 48.4 Å². The molecule has 1 aliphatic heterocycles. The summed E-state index contributed by atoms with van der Waals surface area (Å²) in [5.74, 6) is 0.422. The molecule has 3 aromatic carbocycles. The van der Waals surface area contributed by atoms with Crippen LogP contribution in [0.4, 0.5) is 5.69 Å². The van der Waals surface area contributed by atoms with Crippen LogP contribution in [0.15, 0.2) is 104 Å². The maximum atomic E-state index is 14.0. The Labute approximate surface area is 248 Å². The second-order valence-corrected chi connectivity index (χ2v) is 10.7. The average Bonchev–Trinajstić information content (AvgIpc) is 3.58. The summed E-state index contributed by atoms with van der Waals surface area (Å²) in [4.78, 5) is 43.1. The minimum Gasteiger partial charge on any atom is -0.479 e. The molecule has 0 N–H and O–H groups in total. The molecule has 0 amide bonds. The average molecular weight is 596 g/mol. The van der Waals surface area contributed by atoms with Gasteiger partial charge in [0.2, 0.25) is 0 Å². The predicted molar refractivity (Wildman–Crippen MR) is 160 cm³/mol. The molecular formula is C32H25N3O7S. The number of nitrogens with zero attached hydrogens (tertiary/aromatic N) is 3. The fraction of sp³-hybridized carbons (Fsp3) is 0.156. The summed E-state index contributed by atoms with van der Waals surface area (Å²) in [7, 11) is 0. The number of carbonyl (C=O) groups is 1. The Morgan fingerprint density at radius 1 is 1.09 bits per heavy atom. The zero-order chi connectivity index (χ0) is 30.1. The monoisotopic (exact) mass is 595 g/mol. The Morgan fingerprint density at radius 2 is 1.86 bits per heavy atom. The van der Waals surface area contributed by atoms with Gasteiger partial charge in [-0.3, -0.25) is 19.5 Å². The van der Waals surface area contributed by atoms with E-state index in [0.29, 0.717) is 32.1 Å². The van der Waals surface area contributed by atoms with E-state index in [-0.39, 0.29) is 30.2 Å². The second kappa shape index (κ2) is 11.5. The molecule has 5 aromatic rings. The third-order valence-electron chi connectivity index (χ3n) is 7.02. The van der Waals surface area contributed by atoms with Gasteiger partial charge in [0.1, 0.15) is 18.1 Å². The molecule has 0 saturated heterocycles. The van der Waals surface area contributed by atoms with Crippen molar-refractivity contribution in [3.05, 3.63) is 137 Å². The smallest absolute Gasteiger partial charge is 0.338 e. The summed E-state index contributed by atoms with van der Waals surface area (Å²) in [5.41, 5.74) is 1.11. The highest BCUT2D eigenvalue weighted by Crippen LogP contribution is 2.35. The van der Waals surface area contributed by atoms with E-state index in [0.717, 1.165) is 16.3 Å². The number of allylic oxidation sites excluding steroid dienone is 1. The summed E-state index contributed by atoms with van der Waals surface area (Å²) in [6.45, 7) is 3.63. The van der Waals surface area contributed by atoms with Crippen molar-refractivity contribution < 1.29 is 23.6 Å². The van der Waals surface area contributed by atoms with Crippen molar-refractivity contribution in [1.29, 1.82) is 0 Å². The van der Waals surface area contributed by atoms with Crippen molar-refractivity contribution in [2.45, 2.75) is 26.5 Å². The van der Waals surface area contributed by atoms with Crippen LogP contribution in [0, 0.1) is 10.1 Å². The SMILES string of the molecule is CCOC(=O)C1=C(C)N=c2s/c(=C/c3ccc(COc4ccccc4[N+](=O)[O-])o3)c(=O)n2[C@H]1c1cccc2ccccc12. The molecule has 6 rings (SSSR count). The first-order chi connectivity index (χ1) is 20.9. The largest absolute Gasteiger partial charge is 0.479 e. The number of aromatic nitrogens is 1. The molecule has 1 atom stereocenters. The predicted octanol–water partition coefficient (Wildman–Crippen LogP) is 5.03. The lowest BCUT2D eigenvalue weighted by atomic mass is 9.91. The van der Waals surface area contributed by atoms with Crippen molar-refractivity contribution in [2.75, 3.05) is 6.61 Å². The number of fused-ring (bicyclic) bond motifs is 2. The van der Waals surface area contributed by atoms with Crippen molar-refractivity contribution in [2.24, 2.45) is 4.99 Å². The molecule has 0 aliphatic carbocycles. The number of hydrogen-bond donors (Lipinski definition) is 0. The third-order valence-corrected chi connectivity index (χ3v) is 8.01. The molecule has 0 radical (unpaired) electrons. The van der Waals surface area contributed by atoms with Gasteiger partial charge in [0.25, 0.3) is 5.56 Å². The maximum Gasteiger partial charge on any atom is 0.338 e. The van der Waals surface area contributed by atoms with Gasteiger partial charge in [-0.2, -0.15) is 0 Å². The fourth-order valence-corrected chi connectivity index (χ4v) is 6.16. The van der Waals surface area contributed by atoms with Crippen LogP contribution < -0.4 is 19.6 Å². The summed E-state index contributed by atoms with van der Waals surface area (Å²) >= 11 is 1.19. The van der Waals surface area contributed by atoms with Gasteiger partial charge in [0.15, 0.2) is 10.6 Å². The minimum absolute atomic E-state index is 0.0386. The van der Waals surface area contributed by atoms with Crippen molar-refractivity contribution in [1.82, 2.24) is 4.57 Å². The van der Waals surface area contributed by atoms with Gasteiger partial charge in [-0.15, -0.1) is 0 Å². The molecule has 3 heterocycles. The Bertz CT molecular complexity index is 2100. The first kappa shape index (κ1) is 27.9. The molecule has 1 aliphatic rings. The lowest BCUT2D eigenvalue weighted by Gasteiger charge is -2.25. The summed E-state index contributed by atoms with van der Waals surface area (Å²) < 4.78 is 18.8. The summed E-state index contributed by atoms with van der Waals surface area (Å²) in [6, 6.07) is 22.3. The molecule has 0 saturated carbocycles. The van der Waals surface area contributed by atoms with Crippen molar-refractivity contribution in [3.63, 3.8) is 0 Å². The van der Waals surface area contributed by atoms with Crippen LogP contribution >= 0.6 is 11.3 Å². The van der Waals surface area contributed by atoms with Crippen LogP contribution in [0.2, 0.25) is 0 Å². The Kier molecular flexibility index (Phi) is 7.47. The van der Waals surface area contributed by atoms with Crippen LogP contribution in [0.1, 0.15) is 37.0 Å². The number of benzene rings is 3. The van der Waals surface area contributed by atoms with Crippen LogP contribution in [-0.4, -0.2) is 22.1 Å². The van der Waals surface area contributed by atoms with E-state index in [1.54, 1.807) is 48.8 Å². The Hall–Kier alpha value is -5.29. The van der Waals surface area contributed by atoms with E-state index in [4.69, 9.17) is 13.9 Å². The molecule has 0 spiro atoms. The van der Waals surface area contributed by atoms with E-state index < -0.39 is 16.9 Å². The lowest BCUT2D eigenvalue weighted by molar-refractivity contribution is -0.386. The van der Waals surface area contributed by atoms with Gasteiger partial charge in [0, 0.05) is 12.1 Å². The van der Waals surface area contributed by atoms with Gasteiger partial charge < -0.3 is 13.9 Å². The van der Waals surface area contributed by atoms with Crippen LogP contribution in [-0.2, 0) is 16.1 Å². The number of nitro benzene ring substituents is 1. The highest BCUT2D eigenvalue weighted by molar-refractivity contribution is 7.07. The van der Waals surface area contributed by atoms with E-state index in [9.17, 15) is 19.7 Å². The summed E-state index contributed by atoms with van der Waals surface area (Å²) in [5, 5.41) is 13.2. The quantitative estimate of drug-likeness (QED) is 0.140. The van der Waals surface area contributed by atoms with E-state index in [1.807, 2.05) is 42.5 Å². The molecule has 0 fully saturated rings. The number of para-hydroxylation sites is 2. The van der Waals surface area contributed by atoms with Gasteiger partial charge >= 0.3 is 11.7 Å². The molecular weight excluding hydrogens is 570 g/mol. The first-order valence-electron chi connectivity index (χ1n) is 13.5. The topological polar surface area (TPSA) is 126 Å². The van der Waals surface area contributed by atoms with Gasteiger partial charge in [-0.1, -0.05) is 65.9 Å². The molecule has 0 unspecified atom stereocenters. The van der Waals surface area contributed by atoms with Crippen LogP contribution in [0.25, 0.3) is 16.8 Å². The molecule has 2 aromatic heterocycles. The molecule has 10 nitrogen and oxygen atoms in total. The lowest BCUT2D eigenvalue weighted by Crippen LogP contribution is -2.40. The van der Waals surface area contributed by atoms with Crippen molar-refractivity contribution in [3.8, 4) is 5.75 Å². The van der Waals surface area contributed by atoms with E-state index in [1.165, 1.54) is 23.5 Å². The fourth-order valence-electron chi connectivity index (χ4n) is 5.13. The Balaban J connectivity index is 1.40. The number of rotatable bonds is 8. The number of hydrogen-bond acceptors (Lipinski definition) is 9. The number of furan rings is 1. The standard InChI is InChI=1S/C32H25N3O7S/c1-3-40-31(37)28-19(2)33-32-34(29(28)24-12-8-10-20-9-4-5-11-23(20)24)30(36)27(43-32)17-21-15-16-22(42-21)18-41-26-14-7-6-13-25(26)35(38)39/h4-17,29H,3,18H2,1-2H3/b27-17+/t29-/m0/s1. The third kappa shape index (κ3) is 5.26. The normalized spacial score (nSPS) is 14.8. The van der Waals surface area contributed by atoms with Crippen LogP contribution in [0.5, 0.6) is 5.75 Å². The number of nitro groups is 1. The maximum absolute atomic E-state index is 14.0. The first-order valence-corrected chi connectivity index (χ1v) is 14.3. The number of ether oxygens (including phenoxy) is 2. The van der Waals surface area contributed by atoms with E-state index >= 15 is 0 Å². The minimum atomic E-state index is -0.745. The Morgan fingerprint density at radius 3 is 2.67 bits per heavy atom. The van der Waals surface area contributed by atoms with Crippen LogP contribution in [0.3, 0.4) is 0 Å². The van der Waals surface area contributed by atoms with Gasteiger partial charge in [-0.25, -0.2) is 9.79 Å². The molecule has 216 valence electrons. The zero-order valence-corrected chi connectivity index (χ0v) is 24.0. The van der Waals surface area contributed by atoms with E-state index in [2.05, 4.69) is 4.99 Å². The number of carbonyl (C=O) groups excluding carboxylic acids is 1.